The quantitative estimate of drug-likeness (QED) is 0.290. The van der Waals surface area contributed by atoms with E-state index in [-0.39, 0.29) is 5.91 Å². The van der Waals surface area contributed by atoms with E-state index in [1.54, 1.807) is 35.7 Å². The number of fused-ring (bicyclic) bond motifs is 2. The average Bonchev–Trinajstić information content (AvgIpc) is 3.30. The lowest BCUT2D eigenvalue weighted by Gasteiger charge is -2.02. The van der Waals surface area contributed by atoms with Crippen LogP contribution in [0.1, 0.15) is 5.56 Å². The highest BCUT2D eigenvalue weighted by Crippen LogP contribution is 2.33. The minimum Gasteiger partial charge on any atom is -0.399 e. The second-order valence-electron chi connectivity index (χ2n) is 6.29. The third-order valence-electron chi connectivity index (χ3n) is 4.28. The zero-order valence-electron chi connectivity index (χ0n) is 15.2. The Kier molecular flexibility index (Phi) is 5.46. The molecule has 0 saturated heterocycles. The van der Waals surface area contributed by atoms with Crippen LogP contribution in [0.4, 0.5) is 17.1 Å². The summed E-state index contributed by atoms with van der Waals surface area (Å²) in [6.45, 7) is 0. The van der Waals surface area contributed by atoms with Crippen LogP contribution >= 0.6 is 22.9 Å². The molecule has 0 radical (unpaired) electrons. The van der Waals surface area contributed by atoms with E-state index in [9.17, 15) is 4.79 Å². The van der Waals surface area contributed by atoms with Crippen molar-refractivity contribution in [3.63, 3.8) is 0 Å². The van der Waals surface area contributed by atoms with Gasteiger partial charge in [0.25, 0.3) is 5.91 Å². The van der Waals surface area contributed by atoms with Crippen molar-refractivity contribution in [3.05, 3.63) is 89.0 Å². The van der Waals surface area contributed by atoms with Crippen LogP contribution in [0.2, 0.25) is 5.02 Å². The van der Waals surface area contributed by atoms with Crippen molar-refractivity contribution in [2.75, 3.05) is 16.4 Å². The van der Waals surface area contributed by atoms with Gasteiger partial charge in [-0.1, -0.05) is 29.8 Å². The van der Waals surface area contributed by atoms with Gasteiger partial charge in [0.05, 0.1) is 21.3 Å². The predicted molar refractivity (Wildman–Crippen MR) is 122 cm³/mol. The maximum atomic E-state index is 11.9. The lowest BCUT2D eigenvalue weighted by Crippen LogP contribution is -2.05. The molecule has 0 aliphatic carbocycles. The molecule has 3 aromatic carbocycles. The summed E-state index contributed by atoms with van der Waals surface area (Å²) >= 11 is 7.58. The van der Waals surface area contributed by atoms with Gasteiger partial charge in [0.2, 0.25) is 0 Å². The molecule has 1 aliphatic heterocycles. The lowest BCUT2D eigenvalue weighted by atomic mass is 10.1. The fourth-order valence-corrected chi connectivity index (χ4v) is 3.76. The number of nitrogen functional groups attached to an aromatic ring is 1. The number of para-hydroxylation sites is 1. The second kappa shape index (κ2) is 8.34. The smallest absolute Gasteiger partial charge is 0.257 e. The minimum atomic E-state index is -0.124. The fourth-order valence-electron chi connectivity index (χ4n) is 2.87. The van der Waals surface area contributed by atoms with Crippen LogP contribution in [0.5, 0.6) is 0 Å². The largest absolute Gasteiger partial charge is 0.399 e. The van der Waals surface area contributed by atoms with E-state index in [1.165, 1.54) is 0 Å². The molecule has 0 unspecified atom stereocenters. The number of nitrogens with one attached hydrogen (secondary N) is 2. The molecule has 0 atom stereocenters. The molecule has 1 aromatic heterocycles. The third kappa shape index (κ3) is 4.39. The van der Waals surface area contributed by atoms with Crippen molar-refractivity contribution in [2.24, 2.45) is 0 Å². The Morgan fingerprint density at radius 1 is 1.07 bits per heavy atom. The van der Waals surface area contributed by atoms with Crippen LogP contribution in [-0.2, 0) is 4.79 Å². The zero-order chi connectivity index (χ0) is 20.2. The van der Waals surface area contributed by atoms with Gasteiger partial charge in [0.1, 0.15) is 0 Å². The number of benzene rings is 3. The van der Waals surface area contributed by atoms with Crippen LogP contribution in [0.3, 0.4) is 0 Å². The number of hydrogen-bond donors (Lipinski definition) is 3. The van der Waals surface area contributed by atoms with E-state index < -0.39 is 0 Å². The molecule has 1 amide bonds. The molecule has 0 bridgehead atoms. The van der Waals surface area contributed by atoms with Crippen molar-refractivity contribution in [2.45, 2.75) is 0 Å². The number of carbonyl (C=O) groups is 1. The Morgan fingerprint density at radius 3 is 2.72 bits per heavy atom. The van der Waals surface area contributed by atoms with Crippen molar-refractivity contribution in [1.82, 2.24) is 4.98 Å². The Morgan fingerprint density at radius 2 is 1.90 bits per heavy atom. The van der Waals surface area contributed by atoms with Gasteiger partial charge in [0, 0.05) is 33.8 Å². The van der Waals surface area contributed by atoms with Gasteiger partial charge in [-0.25, -0.2) is 4.98 Å². The molecule has 0 spiro atoms. The van der Waals surface area contributed by atoms with Crippen LogP contribution in [0.25, 0.3) is 15.8 Å². The lowest BCUT2D eigenvalue weighted by molar-refractivity contribution is -0.110. The third-order valence-corrected chi connectivity index (χ3v) is 5.30. The molecule has 7 heteroatoms. The van der Waals surface area contributed by atoms with Gasteiger partial charge in [-0.05, 0) is 48.5 Å². The zero-order valence-corrected chi connectivity index (χ0v) is 16.8. The van der Waals surface area contributed by atoms with Crippen molar-refractivity contribution in [1.29, 1.82) is 0 Å². The van der Waals surface area contributed by atoms with Gasteiger partial charge in [-0.2, -0.15) is 0 Å². The maximum absolute atomic E-state index is 11.9. The van der Waals surface area contributed by atoms with Crippen molar-refractivity contribution >= 4 is 61.7 Å². The highest BCUT2D eigenvalue weighted by molar-refractivity contribution is 7.16. The van der Waals surface area contributed by atoms with E-state index in [1.807, 2.05) is 54.0 Å². The molecule has 0 fully saturated rings. The molecule has 29 heavy (non-hydrogen) atoms. The fraction of sp³-hybridized carbons (Fsp3) is 0. The number of rotatable bonds is 2. The molecule has 5 rings (SSSR count). The molecule has 144 valence electrons. The van der Waals surface area contributed by atoms with E-state index >= 15 is 0 Å². The van der Waals surface area contributed by atoms with Gasteiger partial charge in [-0.15, -0.1) is 11.3 Å². The molecule has 4 N–H and O–H groups in total. The number of nitrogens with two attached hydrogens (primary N) is 1. The molecular formula is C22H17ClN4OS. The number of thiazole rings is 1. The van der Waals surface area contributed by atoms with Crippen molar-refractivity contribution < 1.29 is 4.79 Å². The van der Waals surface area contributed by atoms with Crippen LogP contribution in [0.15, 0.2) is 78.4 Å². The Bertz CT molecular complexity index is 1200. The summed E-state index contributed by atoms with van der Waals surface area (Å²) in [6, 6.07) is 20.7. The first-order valence-electron chi connectivity index (χ1n) is 8.82. The normalized spacial score (nSPS) is 13.6. The molecule has 4 aromatic rings. The molecular weight excluding hydrogens is 404 g/mol. The summed E-state index contributed by atoms with van der Waals surface area (Å²) in [6.07, 6.45) is 1.70. The van der Waals surface area contributed by atoms with Gasteiger partial charge in [-0.3, -0.25) is 4.79 Å². The molecule has 2 heterocycles. The summed E-state index contributed by atoms with van der Waals surface area (Å²) in [5.41, 5.74) is 12.3. The average molecular weight is 421 g/mol. The monoisotopic (exact) mass is 420 g/mol. The Hall–Kier alpha value is -3.35. The number of nitrogens with zero attached hydrogens (tertiary/aromatic N) is 1. The highest BCUT2D eigenvalue weighted by atomic mass is 35.5. The van der Waals surface area contributed by atoms with Gasteiger partial charge >= 0.3 is 0 Å². The van der Waals surface area contributed by atoms with E-state index in [0.717, 1.165) is 32.8 Å². The van der Waals surface area contributed by atoms with Crippen molar-refractivity contribution in [3.8, 4) is 0 Å². The SMILES string of the molecule is Nc1ccc2ncsc2c1.O=C1Nc2ccc(Cl)cc2/C1=C\Nc1ccccc1. The Labute approximate surface area is 176 Å². The number of carbonyl (C=O) groups excluding carboxylic acids is 1. The first-order chi connectivity index (χ1) is 14.1. The minimum absolute atomic E-state index is 0.124. The number of halogens is 1. The molecule has 1 aliphatic rings. The van der Waals surface area contributed by atoms with Crippen LogP contribution < -0.4 is 16.4 Å². The summed E-state index contributed by atoms with van der Waals surface area (Å²) < 4.78 is 1.15. The highest BCUT2D eigenvalue weighted by Gasteiger charge is 2.24. The van der Waals surface area contributed by atoms with Gasteiger partial charge in [0.15, 0.2) is 0 Å². The summed E-state index contributed by atoms with van der Waals surface area (Å²) in [5.74, 6) is -0.124. The first-order valence-corrected chi connectivity index (χ1v) is 10.1. The predicted octanol–water partition coefficient (Wildman–Crippen LogP) is 5.62. The summed E-state index contributed by atoms with van der Waals surface area (Å²) in [7, 11) is 0. The molecule has 0 saturated carbocycles. The first kappa shape index (κ1) is 19.0. The van der Waals surface area contributed by atoms with E-state index in [2.05, 4.69) is 15.6 Å². The van der Waals surface area contributed by atoms with Gasteiger partial charge < -0.3 is 16.4 Å². The number of anilines is 3. The molecule has 5 nitrogen and oxygen atoms in total. The Balaban J connectivity index is 0.000000171. The maximum Gasteiger partial charge on any atom is 0.257 e. The van der Waals surface area contributed by atoms with E-state index in [4.69, 9.17) is 17.3 Å². The second-order valence-corrected chi connectivity index (χ2v) is 7.61. The number of hydrogen-bond acceptors (Lipinski definition) is 5. The van der Waals surface area contributed by atoms with E-state index in [0.29, 0.717) is 10.6 Å². The number of aromatic nitrogens is 1. The van der Waals surface area contributed by atoms with Crippen LogP contribution in [-0.4, -0.2) is 10.9 Å². The number of amides is 1. The summed E-state index contributed by atoms with van der Waals surface area (Å²) in [4.78, 5) is 16.0. The summed E-state index contributed by atoms with van der Waals surface area (Å²) in [5, 5.41) is 6.53. The topological polar surface area (TPSA) is 80.0 Å². The standard InChI is InChI=1S/C15H11ClN2O.C7H6N2S/c16-10-6-7-14-12(8-10)13(15(19)18-14)9-17-11-4-2-1-3-5-11;8-5-1-2-6-7(3-5)10-4-9-6/h1-9,17H,(H,18,19);1-4H,8H2/b13-9+;. The van der Waals surface area contributed by atoms with Crippen LogP contribution in [0, 0.1) is 0 Å².